The number of hydrogen-bond acceptors (Lipinski definition) is 4. The summed E-state index contributed by atoms with van der Waals surface area (Å²) in [5, 5.41) is 0. The number of sulfonamides is 1. The van der Waals surface area contributed by atoms with Crippen LogP contribution in [0, 0.1) is 19.8 Å². The first-order chi connectivity index (χ1) is 11.3. The zero-order valence-electron chi connectivity index (χ0n) is 14.4. The fraction of sp³-hybridized carbons (Fsp3) is 0.588. The molecule has 7 heteroatoms. The second-order valence-electron chi connectivity index (χ2n) is 6.59. The molecule has 132 valence electrons. The van der Waals surface area contributed by atoms with E-state index in [1.54, 1.807) is 38.0 Å². The van der Waals surface area contributed by atoms with Crippen molar-refractivity contribution in [1.82, 2.24) is 9.21 Å². The predicted molar refractivity (Wildman–Crippen MR) is 90.5 cm³/mol. The number of aryl methyl sites for hydroxylation is 2. The molecule has 24 heavy (non-hydrogen) atoms. The van der Waals surface area contributed by atoms with E-state index in [0.29, 0.717) is 48.0 Å². The molecule has 0 N–H and O–H groups in total. The lowest BCUT2D eigenvalue weighted by molar-refractivity contribution is -0.133. The van der Waals surface area contributed by atoms with Gasteiger partial charge in [0.1, 0.15) is 5.75 Å². The van der Waals surface area contributed by atoms with E-state index < -0.39 is 10.0 Å². The van der Waals surface area contributed by atoms with E-state index in [1.165, 1.54) is 4.31 Å². The van der Waals surface area contributed by atoms with Crippen LogP contribution in [0.15, 0.2) is 17.0 Å². The smallest absolute Gasteiger partial charge is 0.243 e. The molecule has 1 amide bonds. The van der Waals surface area contributed by atoms with Crippen LogP contribution in [-0.2, 0) is 14.8 Å². The Balaban J connectivity index is 1.78. The molecule has 0 spiro atoms. The third kappa shape index (κ3) is 3.15. The van der Waals surface area contributed by atoms with Gasteiger partial charge in [-0.25, -0.2) is 8.42 Å². The summed E-state index contributed by atoms with van der Waals surface area (Å²) in [5.74, 6) is 1.02. The molecule has 6 nitrogen and oxygen atoms in total. The van der Waals surface area contributed by atoms with E-state index in [0.717, 1.165) is 12.8 Å². The Morgan fingerprint density at radius 3 is 2.08 bits per heavy atom. The Hall–Kier alpha value is -1.60. The fourth-order valence-corrected chi connectivity index (χ4v) is 5.14. The van der Waals surface area contributed by atoms with Crippen molar-refractivity contribution in [3.05, 3.63) is 23.3 Å². The number of methoxy groups -OCH3 is 1. The number of carbonyl (C=O) groups excluding carboxylic acids is 1. The Labute approximate surface area is 143 Å². The molecule has 1 aliphatic heterocycles. The van der Waals surface area contributed by atoms with Gasteiger partial charge in [0.2, 0.25) is 15.9 Å². The maximum Gasteiger partial charge on any atom is 0.243 e. The van der Waals surface area contributed by atoms with Gasteiger partial charge in [0.15, 0.2) is 0 Å². The lowest BCUT2D eigenvalue weighted by Crippen LogP contribution is -2.51. The lowest BCUT2D eigenvalue weighted by atomic mass is 10.1. The molecule has 2 fully saturated rings. The number of ether oxygens (including phenoxy) is 1. The summed E-state index contributed by atoms with van der Waals surface area (Å²) in [6.45, 7) is 5.23. The van der Waals surface area contributed by atoms with Crippen LogP contribution in [0.1, 0.15) is 24.0 Å². The first kappa shape index (κ1) is 17.2. The highest BCUT2D eigenvalue weighted by Crippen LogP contribution is 2.32. The quantitative estimate of drug-likeness (QED) is 0.825. The van der Waals surface area contributed by atoms with Gasteiger partial charge in [-0.1, -0.05) is 0 Å². The molecule has 0 bridgehead atoms. The van der Waals surface area contributed by atoms with E-state index >= 15 is 0 Å². The van der Waals surface area contributed by atoms with Crippen LogP contribution < -0.4 is 4.74 Å². The summed E-state index contributed by atoms with van der Waals surface area (Å²) in [5.41, 5.74) is 1.37. The minimum absolute atomic E-state index is 0.180. The van der Waals surface area contributed by atoms with Crippen LogP contribution in [0.5, 0.6) is 5.75 Å². The molecule has 0 unspecified atom stereocenters. The molecular weight excluding hydrogens is 328 g/mol. The number of amides is 1. The SMILES string of the molecule is COc1cc(C)c(S(=O)(=O)N2CCN(C(=O)C3CC3)CC2)c(C)c1. The van der Waals surface area contributed by atoms with Crippen LogP contribution in [-0.4, -0.2) is 56.8 Å². The molecular formula is C17H24N2O4S. The van der Waals surface area contributed by atoms with E-state index in [-0.39, 0.29) is 11.8 Å². The van der Waals surface area contributed by atoms with Crippen molar-refractivity contribution >= 4 is 15.9 Å². The molecule has 3 rings (SSSR count). The number of nitrogens with zero attached hydrogens (tertiary/aromatic N) is 2. The van der Waals surface area contributed by atoms with Crippen molar-refractivity contribution in [2.75, 3.05) is 33.3 Å². The summed E-state index contributed by atoms with van der Waals surface area (Å²) >= 11 is 0. The zero-order chi connectivity index (χ0) is 17.5. The van der Waals surface area contributed by atoms with Crippen LogP contribution in [0.25, 0.3) is 0 Å². The number of piperazine rings is 1. The number of rotatable bonds is 4. The first-order valence-electron chi connectivity index (χ1n) is 8.28. The topological polar surface area (TPSA) is 66.9 Å². The summed E-state index contributed by atoms with van der Waals surface area (Å²) in [7, 11) is -1.99. The molecule has 1 aromatic carbocycles. The van der Waals surface area contributed by atoms with E-state index in [4.69, 9.17) is 4.74 Å². The molecule has 1 saturated carbocycles. The second kappa shape index (κ2) is 6.37. The summed E-state index contributed by atoms with van der Waals surface area (Å²) in [6.07, 6.45) is 1.95. The summed E-state index contributed by atoms with van der Waals surface area (Å²) in [6, 6.07) is 3.49. The average molecular weight is 352 g/mol. The molecule has 1 aliphatic carbocycles. The van der Waals surface area contributed by atoms with Crippen LogP contribution in [0.2, 0.25) is 0 Å². The van der Waals surface area contributed by atoms with Gasteiger partial charge in [-0.15, -0.1) is 0 Å². The van der Waals surface area contributed by atoms with E-state index in [1.807, 2.05) is 0 Å². The number of hydrogen-bond donors (Lipinski definition) is 0. The first-order valence-corrected chi connectivity index (χ1v) is 9.72. The molecule has 1 aromatic rings. The van der Waals surface area contributed by atoms with Crippen LogP contribution in [0.4, 0.5) is 0 Å². The molecule has 1 saturated heterocycles. The van der Waals surface area contributed by atoms with Gasteiger partial charge in [0, 0.05) is 32.1 Å². The van der Waals surface area contributed by atoms with Crippen molar-refractivity contribution in [2.24, 2.45) is 5.92 Å². The normalized spacial score (nSPS) is 19.4. The Bertz CT molecular complexity index is 725. The average Bonchev–Trinajstić information content (AvgIpc) is 3.38. The predicted octanol–water partition coefficient (Wildman–Crippen LogP) is 1.55. The monoisotopic (exact) mass is 352 g/mol. The molecule has 0 aromatic heterocycles. The van der Waals surface area contributed by atoms with Crippen molar-refractivity contribution in [2.45, 2.75) is 31.6 Å². The third-order valence-corrected chi connectivity index (χ3v) is 6.95. The minimum atomic E-state index is -3.56. The third-order valence-electron chi connectivity index (χ3n) is 4.74. The van der Waals surface area contributed by atoms with Gasteiger partial charge in [-0.2, -0.15) is 4.31 Å². The zero-order valence-corrected chi connectivity index (χ0v) is 15.2. The maximum absolute atomic E-state index is 13.0. The van der Waals surface area contributed by atoms with Gasteiger partial charge in [0.05, 0.1) is 12.0 Å². The van der Waals surface area contributed by atoms with Crippen LogP contribution >= 0.6 is 0 Å². The Morgan fingerprint density at radius 1 is 1.08 bits per heavy atom. The Kier molecular flexibility index (Phi) is 4.57. The summed E-state index contributed by atoms with van der Waals surface area (Å²) in [4.78, 5) is 14.3. The van der Waals surface area contributed by atoms with Crippen molar-refractivity contribution in [1.29, 1.82) is 0 Å². The maximum atomic E-state index is 13.0. The molecule has 1 heterocycles. The van der Waals surface area contributed by atoms with Crippen molar-refractivity contribution in [3.63, 3.8) is 0 Å². The van der Waals surface area contributed by atoms with Crippen molar-refractivity contribution in [3.8, 4) is 5.75 Å². The van der Waals surface area contributed by atoms with Gasteiger partial charge in [-0.3, -0.25) is 4.79 Å². The van der Waals surface area contributed by atoms with E-state index in [2.05, 4.69) is 0 Å². The highest BCUT2D eigenvalue weighted by atomic mass is 32.2. The molecule has 2 aliphatic rings. The largest absolute Gasteiger partial charge is 0.497 e. The van der Waals surface area contributed by atoms with Crippen molar-refractivity contribution < 1.29 is 17.9 Å². The highest BCUT2D eigenvalue weighted by Gasteiger charge is 2.37. The minimum Gasteiger partial charge on any atom is -0.497 e. The Morgan fingerprint density at radius 2 is 1.62 bits per heavy atom. The second-order valence-corrected chi connectivity index (χ2v) is 8.47. The van der Waals surface area contributed by atoms with Gasteiger partial charge in [0.25, 0.3) is 0 Å². The standard InChI is InChI=1S/C17H24N2O4S/c1-12-10-15(23-3)11-13(2)16(12)24(21,22)19-8-6-18(7-9-19)17(20)14-4-5-14/h10-11,14H,4-9H2,1-3H3. The van der Waals surface area contributed by atoms with Gasteiger partial charge < -0.3 is 9.64 Å². The van der Waals surface area contributed by atoms with Crippen LogP contribution in [0.3, 0.4) is 0 Å². The number of benzene rings is 1. The molecule has 0 atom stereocenters. The van der Waals surface area contributed by atoms with E-state index in [9.17, 15) is 13.2 Å². The molecule has 0 radical (unpaired) electrons. The summed E-state index contributed by atoms with van der Waals surface area (Å²) < 4.78 is 32.8. The lowest BCUT2D eigenvalue weighted by Gasteiger charge is -2.34. The number of carbonyl (C=O) groups is 1. The fourth-order valence-electron chi connectivity index (χ4n) is 3.30. The van der Waals surface area contributed by atoms with Gasteiger partial charge >= 0.3 is 0 Å². The highest BCUT2D eigenvalue weighted by molar-refractivity contribution is 7.89. The van der Waals surface area contributed by atoms with Gasteiger partial charge in [-0.05, 0) is 49.9 Å².